The fourth-order valence-corrected chi connectivity index (χ4v) is 2.80. The van der Waals surface area contributed by atoms with Crippen LogP contribution in [0.2, 0.25) is 0 Å². The van der Waals surface area contributed by atoms with Gasteiger partial charge in [0.2, 0.25) is 0 Å². The molecule has 3 aromatic rings. The molecule has 1 aromatic heterocycles. The number of H-pyrrole nitrogens is 1. The van der Waals surface area contributed by atoms with Gasteiger partial charge >= 0.3 is 0 Å². The number of fused-ring (bicyclic) bond motifs is 1. The zero-order chi connectivity index (χ0) is 13.6. The Hall–Kier alpha value is -1.39. The topological polar surface area (TPSA) is 20.7 Å². The molecule has 0 amide bonds. The van der Waals surface area contributed by atoms with Crippen LogP contribution in [-0.4, -0.2) is 9.55 Å². The zero-order valence-corrected chi connectivity index (χ0v) is 13.1. The average Bonchev–Trinajstić information content (AvgIpc) is 2.68. The second-order valence-electron chi connectivity index (χ2n) is 4.72. The minimum Gasteiger partial charge on any atom is -0.330 e. The van der Waals surface area contributed by atoms with Gasteiger partial charge < -0.3 is 4.98 Å². The summed E-state index contributed by atoms with van der Waals surface area (Å²) in [5, 5.41) is 0. The maximum Gasteiger partial charge on any atom is 0.182 e. The highest BCUT2D eigenvalue weighted by atomic mass is 79.9. The summed E-state index contributed by atoms with van der Waals surface area (Å²) >= 11 is 8.98. The fraction of sp³-hybridized carbons (Fsp3) is 0.133. The quantitative estimate of drug-likeness (QED) is 0.617. The van der Waals surface area contributed by atoms with Crippen LogP contribution in [0.5, 0.6) is 0 Å². The minimum atomic E-state index is 0.724. The number of aromatic amines is 1. The molecule has 0 unspecified atom stereocenters. The summed E-state index contributed by atoms with van der Waals surface area (Å²) in [6.45, 7) is 4.17. The van der Waals surface area contributed by atoms with E-state index < -0.39 is 0 Å². The molecule has 0 aliphatic heterocycles. The smallest absolute Gasteiger partial charge is 0.182 e. The number of rotatable bonds is 1. The van der Waals surface area contributed by atoms with Crippen molar-refractivity contribution in [3.8, 4) is 5.69 Å². The molecule has 19 heavy (non-hydrogen) atoms. The SMILES string of the molecule is Cc1ccc2[nH]c(=S)n(-c3ccc(Br)c(C)c3)c2c1. The van der Waals surface area contributed by atoms with Crippen molar-refractivity contribution < 1.29 is 0 Å². The van der Waals surface area contributed by atoms with Crippen molar-refractivity contribution >= 4 is 39.2 Å². The van der Waals surface area contributed by atoms with E-state index in [4.69, 9.17) is 12.2 Å². The molecule has 0 bridgehead atoms. The van der Waals surface area contributed by atoms with Crippen LogP contribution in [0.3, 0.4) is 0 Å². The number of hydrogen-bond acceptors (Lipinski definition) is 1. The van der Waals surface area contributed by atoms with E-state index >= 15 is 0 Å². The zero-order valence-electron chi connectivity index (χ0n) is 10.7. The van der Waals surface area contributed by atoms with Gasteiger partial charge in [-0.25, -0.2) is 0 Å². The van der Waals surface area contributed by atoms with Gasteiger partial charge in [0.25, 0.3) is 0 Å². The van der Waals surface area contributed by atoms with Crippen LogP contribution in [0, 0.1) is 18.6 Å². The second kappa shape index (κ2) is 4.62. The lowest BCUT2D eigenvalue weighted by atomic mass is 10.2. The number of nitrogens with zero attached hydrogens (tertiary/aromatic N) is 1. The maximum atomic E-state index is 5.45. The van der Waals surface area contributed by atoms with Crippen molar-refractivity contribution in [1.29, 1.82) is 0 Å². The van der Waals surface area contributed by atoms with Crippen molar-refractivity contribution in [3.05, 3.63) is 56.8 Å². The molecule has 2 aromatic carbocycles. The second-order valence-corrected chi connectivity index (χ2v) is 5.96. The summed E-state index contributed by atoms with van der Waals surface area (Å²) in [4.78, 5) is 3.25. The van der Waals surface area contributed by atoms with Crippen LogP contribution in [0.15, 0.2) is 40.9 Å². The molecule has 0 spiro atoms. The van der Waals surface area contributed by atoms with Crippen LogP contribution in [0.25, 0.3) is 16.7 Å². The van der Waals surface area contributed by atoms with E-state index in [1.54, 1.807) is 0 Å². The Kier molecular flexibility index (Phi) is 3.07. The van der Waals surface area contributed by atoms with Gasteiger partial charge in [-0.3, -0.25) is 4.57 Å². The first-order chi connectivity index (χ1) is 9.06. The highest BCUT2D eigenvalue weighted by molar-refractivity contribution is 9.10. The van der Waals surface area contributed by atoms with Crippen molar-refractivity contribution in [2.75, 3.05) is 0 Å². The van der Waals surface area contributed by atoms with E-state index in [9.17, 15) is 0 Å². The van der Waals surface area contributed by atoms with E-state index in [0.717, 1.165) is 26.0 Å². The van der Waals surface area contributed by atoms with Crippen molar-refractivity contribution in [2.45, 2.75) is 13.8 Å². The lowest BCUT2D eigenvalue weighted by Gasteiger charge is -2.07. The highest BCUT2D eigenvalue weighted by Crippen LogP contribution is 2.24. The van der Waals surface area contributed by atoms with Crippen LogP contribution < -0.4 is 0 Å². The number of hydrogen-bond donors (Lipinski definition) is 1. The summed E-state index contributed by atoms with van der Waals surface area (Å²) in [5.74, 6) is 0. The van der Waals surface area contributed by atoms with Crippen molar-refractivity contribution in [2.24, 2.45) is 0 Å². The summed E-state index contributed by atoms with van der Waals surface area (Å²) in [7, 11) is 0. The highest BCUT2D eigenvalue weighted by Gasteiger charge is 2.07. The van der Waals surface area contributed by atoms with Gasteiger partial charge in [-0.15, -0.1) is 0 Å². The summed E-state index contributed by atoms with van der Waals surface area (Å²) in [6.07, 6.45) is 0. The van der Waals surface area contributed by atoms with Gasteiger partial charge in [0, 0.05) is 10.2 Å². The predicted molar refractivity (Wildman–Crippen MR) is 85.6 cm³/mol. The van der Waals surface area contributed by atoms with E-state index in [1.165, 1.54) is 11.1 Å². The third kappa shape index (κ3) is 2.15. The lowest BCUT2D eigenvalue weighted by molar-refractivity contribution is 1.06. The van der Waals surface area contributed by atoms with Crippen LogP contribution in [0.1, 0.15) is 11.1 Å². The standard InChI is InChI=1S/C15H13BrN2S/c1-9-3-6-13-14(7-9)18(15(19)17-13)11-4-5-12(16)10(2)8-11/h3-8H,1-2H3,(H,17,19). The van der Waals surface area contributed by atoms with Crippen LogP contribution in [0.4, 0.5) is 0 Å². The number of halogens is 1. The molecule has 0 aliphatic rings. The predicted octanol–water partition coefficient (Wildman–Crippen LogP) is 5.07. The Morgan fingerprint density at radius 1 is 1.11 bits per heavy atom. The number of benzene rings is 2. The van der Waals surface area contributed by atoms with Crippen LogP contribution >= 0.6 is 28.1 Å². The monoisotopic (exact) mass is 332 g/mol. The first-order valence-corrected chi connectivity index (χ1v) is 7.24. The van der Waals surface area contributed by atoms with E-state index in [-0.39, 0.29) is 0 Å². The Labute approximate surface area is 125 Å². The molecule has 96 valence electrons. The summed E-state index contributed by atoms with van der Waals surface area (Å²) < 4.78 is 3.91. The van der Waals surface area contributed by atoms with E-state index in [2.05, 4.69) is 75.7 Å². The molecule has 0 fully saturated rings. The summed E-state index contributed by atoms with van der Waals surface area (Å²) in [5.41, 5.74) is 5.69. The largest absolute Gasteiger partial charge is 0.330 e. The normalized spacial score (nSPS) is 11.1. The third-order valence-electron chi connectivity index (χ3n) is 3.24. The molecule has 0 aliphatic carbocycles. The molecule has 0 radical (unpaired) electrons. The van der Waals surface area contributed by atoms with Crippen molar-refractivity contribution in [1.82, 2.24) is 9.55 Å². The minimum absolute atomic E-state index is 0.724. The molecular formula is C15H13BrN2S. The average molecular weight is 333 g/mol. The lowest BCUT2D eigenvalue weighted by Crippen LogP contribution is -1.95. The molecule has 0 saturated heterocycles. The van der Waals surface area contributed by atoms with Gasteiger partial charge in [-0.05, 0) is 67.5 Å². The van der Waals surface area contributed by atoms with Crippen molar-refractivity contribution in [3.63, 3.8) is 0 Å². The Bertz CT molecular complexity index is 830. The molecule has 2 nitrogen and oxygen atoms in total. The summed E-state index contributed by atoms with van der Waals surface area (Å²) in [6, 6.07) is 12.6. The Morgan fingerprint density at radius 2 is 1.89 bits per heavy atom. The molecule has 0 saturated carbocycles. The molecule has 1 heterocycles. The Morgan fingerprint density at radius 3 is 2.63 bits per heavy atom. The fourth-order valence-electron chi connectivity index (χ4n) is 2.24. The first kappa shape index (κ1) is 12.6. The van der Waals surface area contributed by atoms with Gasteiger partial charge in [0.15, 0.2) is 4.77 Å². The molecule has 3 rings (SSSR count). The van der Waals surface area contributed by atoms with E-state index in [0.29, 0.717) is 0 Å². The van der Waals surface area contributed by atoms with Gasteiger partial charge in [0.05, 0.1) is 11.0 Å². The molecular weight excluding hydrogens is 320 g/mol. The van der Waals surface area contributed by atoms with Gasteiger partial charge in [-0.2, -0.15) is 0 Å². The number of aromatic nitrogens is 2. The molecule has 4 heteroatoms. The first-order valence-electron chi connectivity index (χ1n) is 6.04. The number of nitrogens with one attached hydrogen (secondary N) is 1. The number of imidazole rings is 1. The van der Waals surface area contributed by atoms with Gasteiger partial charge in [-0.1, -0.05) is 22.0 Å². The molecule has 0 atom stereocenters. The van der Waals surface area contributed by atoms with E-state index in [1.807, 2.05) is 0 Å². The third-order valence-corrected chi connectivity index (χ3v) is 4.41. The molecule has 1 N–H and O–H groups in total. The van der Waals surface area contributed by atoms with Crippen LogP contribution in [-0.2, 0) is 0 Å². The Balaban J connectivity index is 2.35. The maximum absolute atomic E-state index is 5.45. The van der Waals surface area contributed by atoms with Gasteiger partial charge in [0.1, 0.15) is 0 Å². The number of aryl methyl sites for hydroxylation is 2.